The average molecular weight is 300 g/mol. The lowest BCUT2D eigenvalue weighted by atomic mass is 10.1. The number of halogens is 1. The second-order valence-corrected chi connectivity index (χ2v) is 6.24. The van der Waals surface area contributed by atoms with Crippen LogP contribution >= 0.6 is 0 Å². The molecule has 20 heavy (non-hydrogen) atoms. The van der Waals surface area contributed by atoms with E-state index in [1.165, 1.54) is 12.1 Å². The fourth-order valence-corrected chi connectivity index (χ4v) is 3.27. The molecule has 1 aliphatic heterocycles. The second-order valence-electron chi connectivity index (χ2n) is 4.56. The van der Waals surface area contributed by atoms with E-state index >= 15 is 0 Å². The van der Waals surface area contributed by atoms with E-state index in [0.29, 0.717) is 5.56 Å². The fraction of sp³-hybridized carbons (Fsp3) is 0.333. The summed E-state index contributed by atoms with van der Waals surface area (Å²) in [6.45, 7) is 1.63. The summed E-state index contributed by atoms with van der Waals surface area (Å²) in [6, 6.07) is 2.61. The highest BCUT2D eigenvalue weighted by molar-refractivity contribution is 7.89. The van der Waals surface area contributed by atoms with Crippen molar-refractivity contribution in [3.8, 4) is 0 Å². The summed E-state index contributed by atoms with van der Waals surface area (Å²) in [5, 5.41) is 2.03. The second kappa shape index (κ2) is 5.29. The van der Waals surface area contributed by atoms with Crippen molar-refractivity contribution in [1.82, 2.24) is 10.0 Å². The standard InChI is InChI=1S/C12H13FN2O4S/c1-7-2-3-8(13)10(6-7)20(18,19)15-9-4-5-11(16)14-12(9)17/h2-3,6,9,15H,4-5H2,1H3,(H,14,16,17). The Morgan fingerprint density at radius 1 is 1.35 bits per heavy atom. The van der Waals surface area contributed by atoms with Gasteiger partial charge in [-0.3, -0.25) is 14.9 Å². The van der Waals surface area contributed by atoms with Gasteiger partial charge in [0.2, 0.25) is 21.8 Å². The van der Waals surface area contributed by atoms with Crippen molar-refractivity contribution < 1.29 is 22.4 Å². The lowest BCUT2D eigenvalue weighted by Gasteiger charge is -2.21. The molecular formula is C12H13FN2O4S. The van der Waals surface area contributed by atoms with Gasteiger partial charge in [-0.05, 0) is 31.0 Å². The summed E-state index contributed by atoms with van der Waals surface area (Å²) < 4.78 is 39.9. The number of imide groups is 1. The van der Waals surface area contributed by atoms with Crippen LogP contribution in [0.3, 0.4) is 0 Å². The third kappa shape index (κ3) is 3.02. The summed E-state index contributed by atoms with van der Waals surface area (Å²) in [5.74, 6) is -2.07. The van der Waals surface area contributed by atoms with Gasteiger partial charge in [0, 0.05) is 6.42 Å². The Labute approximate surface area is 115 Å². The van der Waals surface area contributed by atoms with Gasteiger partial charge in [-0.2, -0.15) is 4.72 Å². The van der Waals surface area contributed by atoms with E-state index in [9.17, 15) is 22.4 Å². The highest BCUT2D eigenvalue weighted by Crippen LogP contribution is 2.17. The van der Waals surface area contributed by atoms with Crippen LogP contribution in [0.4, 0.5) is 4.39 Å². The topological polar surface area (TPSA) is 92.3 Å². The van der Waals surface area contributed by atoms with Crippen LogP contribution in [0.1, 0.15) is 18.4 Å². The van der Waals surface area contributed by atoms with Crippen LogP contribution in [0.15, 0.2) is 23.1 Å². The number of carbonyl (C=O) groups excluding carboxylic acids is 2. The molecule has 0 aliphatic carbocycles. The number of nitrogens with one attached hydrogen (secondary N) is 2. The molecule has 2 N–H and O–H groups in total. The zero-order chi connectivity index (χ0) is 14.9. The predicted molar refractivity (Wildman–Crippen MR) is 67.6 cm³/mol. The largest absolute Gasteiger partial charge is 0.295 e. The van der Waals surface area contributed by atoms with Gasteiger partial charge >= 0.3 is 0 Å². The Morgan fingerprint density at radius 2 is 2.05 bits per heavy atom. The molecule has 6 nitrogen and oxygen atoms in total. The third-order valence-electron chi connectivity index (χ3n) is 2.91. The number of carbonyl (C=O) groups is 2. The Bertz CT molecular complexity index is 672. The molecule has 0 aromatic heterocycles. The fourth-order valence-electron chi connectivity index (χ4n) is 1.87. The zero-order valence-corrected chi connectivity index (χ0v) is 11.5. The first kappa shape index (κ1) is 14.6. The van der Waals surface area contributed by atoms with E-state index in [2.05, 4.69) is 4.72 Å². The number of amides is 2. The first-order chi connectivity index (χ1) is 9.29. The molecule has 2 rings (SSSR count). The van der Waals surface area contributed by atoms with Crippen LogP contribution in [-0.2, 0) is 19.6 Å². The third-order valence-corrected chi connectivity index (χ3v) is 4.40. The Hall–Kier alpha value is -1.80. The molecule has 0 spiro atoms. The smallest absolute Gasteiger partial charge is 0.244 e. The summed E-state index contributed by atoms with van der Waals surface area (Å²) in [4.78, 5) is 22.0. The van der Waals surface area contributed by atoms with Crippen molar-refractivity contribution in [1.29, 1.82) is 0 Å². The minimum Gasteiger partial charge on any atom is -0.295 e. The maximum absolute atomic E-state index is 13.6. The minimum absolute atomic E-state index is 0.0369. The molecule has 108 valence electrons. The van der Waals surface area contributed by atoms with Gasteiger partial charge in [0.15, 0.2) is 0 Å². The van der Waals surface area contributed by atoms with Gasteiger partial charge in [-0.1, -0.05) is 6.07 Å². The average Bonchev–Trinajstić information content (AvgIpc) is 2.35. The molecule has 8 heteroatoms. The Morgan fingerprint density at radius 3 is 2.70 bits per heavy atom. The van der Waals surface area contributed by atoms with Crippen LogP contribution in [-0.4, -0.2) is 26.3 Å². The number of aryl methyl sites for hydroxylation is 1. The molecule has 1 aromatic carbocycles. The summed E-state index contributed by atoms with van der Waals surface area (Å²) in [7, 11) is -4.16. The first-order valence-electron chi connectivity index (χ1n) is 5.92. The highest BCUT2D eigenvalue weighted by atomic mass is 32.2. The van der Waals surface area contributed by atoms with Gasteiger partial charge in [-0.15, -0.1) is 0 Å². The molecule has 0 radical (unpaired) electrons. The predicted octanol–water partition coefficient (Wildman–Crippen LogP) is 0.218. The van der Waals surface area contributed by atoms with Gasteiger partial charge in [0.1, 0.15) is 16.8 Å². The molecule has 0 saturated carbocycles. The van der Waals surface area contributed by atoms with Gasteiger partial charge in [0.25, 0.3) is 0 Å². The first-order valence-corrected chi connectivity index (χ1v) is 7.40. The minimum atomic E-state index is -4.16. The zero-order valence-electron chi connectivity index (χ0n) is 10.6. The van der Waals surface area contributed by atoms with E-state index in [1.807, 2.05) is 5.32 Å². The van der Waals surface area contributed by atoms with Crippen molar-refractivity contribution in [3.63, 3.8) is 0 Å². The molecule has 1 aliphatic rings. The Kier molecular flexibility index (Phi) is 3.87. The van der Waals surface area contributed by atoms with E-state index in [-0.39, 0.29) is 12.8 Å². The van der Waals surface area contributed by atoms with Gasteiger partial charge in [-0.25, -0.2) is 12.8 Å². The Balaban J connectivity index is 2.25. The van der Waals surface area contributed by atoms with Gasteiger partial charge < -0.3 is 0 Å². The summed E-state index contributed by atoms with van der Waals surface area (Å²) >= 11 is 0. The molecular weight excluding hydrogens is 287 g/mol. The maximum Gasteiger partial charge on any atom is 0.244 e. The van der Waals surface area contributed by atoms with Crippen molar-refractivity contribution in [2.75, 3.05) is 0 Å². The number of sulfonamides is 1. The SMILES string of the molecule is Cc1ccc(F)c(S(=O)(=O)NC2CCC(=O)NC2=O)c1. The maximum atomic E-state index is 13.6. The molecule has 0 bridgehead atoms. The van der Waals surface area contributed by atoms with E-state index in [0.717, 1.165) is 6.07 Å². The highest BCUT2D eigenvalue weighted by Gasteiger charge is 2.31. The summed E-state index contributed by atoms with van der Waals surface area (Å²) in [5.41, 5.74) is 0.579. The van der Waals surface area contributed by atoms with Crippen LogP contribution in [0.25, 0.3) is 0 Å². The van der Waals surface area contributed by atoms with Crippen LogP contribution in [0.5, 0.6) is 0 Å². The monoisotopic (exact) mass is 300 g/mol. The van der Waals surface area contributed by atoms with Gasteiger partial charge in [0.05, 0.1) is 0 Å². The number of hydrogen-bond donors (Lipinski definition) is 2. The van der Waals surface area contributed by atoms with Crippen LogP contribution in [0.2, 0.25) is 0 Å². The molecule has 1 atom stereocenters. The van der Waals surface area contributed by atoms with E-state index < -0.39 is 38.6 Å². The molecule has 2 amide bonds. The quantitative estimate of drug-likeness (QED) is 0.781. The normalized spacial score (nSPS) is 19.8. The van der Waals surface area contributed by atoms with Crippen molar-refractivity contribution >= 4 is 21.8 Å². The van der Waals surface area contributed by atoms with Crippen molar-refractivity contribution in [3.05, 3.63) is 29.6 Å². The lowest BCUT2D eigenvalue weighted by Crippen LogP contribution is -2.52. The molecule has 1 unspecified atom stereocenters. The van der Waals surface area contributed by atoms with E-state index in [1.54, 1.807) is 6.92 Å². The van der Waals surface area contributed by atoms with E-state index in [4.69, 9.17) is 0 Å². The summed E-state index contributed by atoms with van der Waals surface area (Å²) in [6.07, 6.45) is 0.0898. The number of benzene rings is 1. The molecule has 1 aromatic rings. The van der Waals surface area contributed by atoms with Crippen molar-refractivity contribution in [2.45, 2.75) is 30.7 Å². The lowest BCUT2D eigenvalue weighted by molar-refractivity contribution is -0.134. The number of hydrogen-bond acceptors (Lipinski definition) is 4. The molecule has 1 fully saturated rings. The van der Waals surface area contributed by atoms with Crippen LogP contribution < -0.4 is 10.0 Å². The van der Waals surface area contributed by atoms with Crippen molar-refractivity contribution in [2.24, 2.45) is 0 Å². The molecule has 1 heterocycles. The van der Waals surface area contributed by atoms with Crippen LogP contribution in [0, 0.1) is 12.7 Å². The number of rotatable bonds is 3. The molecule has 1 saturated heterocycles. The number of piperidine rings is 1.